The van der Waals surface area contributed by atoms with E-state index in [-0.39, 0.29) is 0 Å². The van der Waals surface area contributed by atoms with Gasteiger partial charge in [0.15, 0.2) is 0 Å². The number of aryl methyl sites for hydroxylation is 1. The number of hydrogen-bond acceptors (Lipinski definition) is 3. The van der Waals surface area contributed by atoms with E-state index in [0.29, 0.717) is 0 Å². The Morgan fingerprint density at radius 3 is 2.79 bits per heavy atom. The first-order valence-electron chi connectivity index (χ1n) is 7.37. The van der Waals surface area contributed by atoms with Crippen LogP contribution >= 0.6 is 11.8 Å². The van der Waals surface area contributed by atoms with Crippen molar-refractivity contribution in [2.45, 2.75) is 44.8 Å². The highest BCUT2D eigenvalue weighted by Crippen LogP contribution is 2.28. The molecule has 2 fully saturated rings. The van der Waals surface area contributed by atoms with Crippen LogP contribution in [0, 0.1) is 6.92 Å². The van der Waals surface area contributed by atoms with E-state index in [1.807, 2.05) is 0 Å². The summed E-state index contributed by atoms with van der Waals surface area (Å²) in [6.45, 7) is 3.27. The molecular formula is C16H24N2S. The molecule has 1 aliphatic carbocycles. The van der Waals surface area contributed by atoms with Crippen molar-refractivity contribution in [3.8, 4) is 0 Å². The first kappa shape index (κ1) is 13.3. The predicted molar refractivity (Wildman–Crippen MR) is 85.2 cm³/mol. The molecule has 0 amide bonds. The molecule has 0 radical (unpaired) electrons. The van der Waals surface area contributed by atoms with Gasteiger partial charge in [0.25, 0.3) is 0 Å². The largest absolute Gasteiger partial charge is 0.371 e. The fourth-order valence-corrected chi connectivity index (χ4v) is 4.06. The Morgan fingerprint density at radius 2 is 2.16 bits per heavy atom. The third-order valence-electron chi connectivity index (χ3n) is 4.27. The van der Waals surface area contributed by atoms with Gasteiger partial charge in [0.1, 0.15) is 0 Å². The van der Waals surface area contributed by atoms with Crippen molar-refractivity contribution in [1.82, 2.24) is 5.32 Å². The monoisotopic (exact) mass is 276 g/mol. The Labute approximate surface area is 121 Å². The van der Waals surface area contributed by atoms with Crippen molar-refractivity contribution in [3.63, 3.8) is 0 Å². The van der Waals surface area contributed by atoms with Gasteiger partial charge in [0.2, 0.25) is 0 Å². The standard InChI is InChI=1S/C16H24N2S/c1-12-9-13(10-17-14-4-5-14)3-6-16(12)18(2)15-7-8-19-11-15/h3,6,9,14-15,17H,4-5,7-8,10-11H2,1-2H3. The number of benzene rings is 1. The first-order chi connectivity index (χ1) is 9.24. The Hall–Kier alpha value is -0.670. The number of nitrogens with zero attached hydrogens (tertiary/aromatic N) is 1. The summed E-state index contributed by atoms with van der Waals surface area (Å²) >= 11 is 2.08. The number of nitrogens with one attached hydrogen (secondary N) is 1. The summed E-state index contributed by atoms with van der Waals surface area (Å²) in [7, 11) is 2.25. The topological polar surface area (TPSA) is 15.3 Å². The molecule has 104 valence electrons. The van der Waals surface area contributed by atoms with Crippen LogP contribution in [0.4, 0.5) is 5.69 Å². The highest BCUT2D eigenvalue weighted by Gasteiger charge is 2.22. The average Bonchev–Trinajstić information content (AvgIpc) is 3.07. The van der Waals surface area contributed by atoms with E-state index in [1.165, 1.54) is 47.6 Å². The molecule has 3 heteroatoms. The van der Waals surface area contributed by atoms with Crippen molar-refractivity contribution in [3.05, 3.63) is 29.3 Å². The lowest BCUT2D eigenvalue weighted by Gasteiger charge is -2.28. The summed E-state index contributed by atoms with van der Waals surface area (Å²) in [5.74, 6) is 2.60. The van der Waals surface area contributed by atoms with Crippen LogP contribution in [0.15, 0.2) is 18.2 Å². The van der Waals surface area contributed by atoms with E-state index in [9.17, 15) is 0 Å². The molecule has 1 heterocycles. The Bertz CT molecular complexity index is 436. The Balaban J connectivity index is 1.67. The van der Waals surface area contributed by atoms with Gasteiger partial charge in [-0.05, 0) is 49.1 Å². The summed E-state index contributed by atoms with van der Waals surface area (Å²) < 4.78 is 0. The smallest absolute Gasteiger partial charge is 0.0396 e. The third kappa shape index (κ3) is 3.26. The summed E-state index contributed by atoms with van der Waals surface area (Å²) in [4.78, 5) is 2.48. The van der Waals surface area contributed by atoms with E-state index in [4.69, 9.17) is 0 Å². The van der Waals surface area contributed by atoms with Crippen LogP contribution in [0.2, 0.25) is 0 Å². The summed E-state index contributed by atoms with van der Waals surface area (Å²) in [5.41, 5.74) is 4.24. The van der Waals surface area contributed by atoms with Crippen LogP contribution < -0.4 is 10.2 Å². The van der Waals surface area contributed by atoms with Crippen molar-refractivity contribution in [2.75, 3.05) is 23.5 Å². The summed E-state index contributed by atoms with van der Waals surface area (Å²) in [6, 6.07) is 8.46. The molecule has 19 heavy (non-hydrogen) atoms. The molecule has 0 bridgehead atoms. The SMILES string of the molecule is Cc1cc(CNC2CC2)ccc1N(C)C1CCSC1. The number of thioether (sulfide) groups is 1. The van der Waals surface area contributed by atoms with Crippen LogP contribution in [0.1, 0.15) is 30.4 Å². The zero-order chi connectivity index (χ0) is 13.2. The van der Waals surface area contributed by atoms with Gasteiger partial charge in [0, 0.05) is 37.1 Å². The molecule has 1 unspecified atom stereocenters. The van der Waals surface area contributed by atoms with Gasteiger partial charge in [-0.15, -0.1) is 0 Å². The maximum atomic E-state index is 3.59. The molecule has 1 aromatic carbocycles. The van der Waals surface area contributed by atoms with Gasteiger partial charge in [-0.2, -0.15) is 11.8 Å². The predicted octanol–water partition coefficient (Wildman–Crippen LogP) is 3.19. The number of rotatable bonds is 5. The van der Waals surface area contributed by atoms with Gasteiger partial charge in [-0.3, -0.25) is 0 Å². The normalized spacial score (nSPS) is 22.7. The maximum Gasteiger partial charge on any atom is 0.0396 e. The summed E-state index contributed by atoms with van der Waals surface area (Å²) in [6.07, 6.45) is 4.05. The van der Waals surface area contributed by atoms with Crippen molar-refractivity contribution >= 4 is 17.4 Å². The minimum atomic E-state index is 0.721. The third-order valence-corrected chi connectivity index (χ3v) is 5.41. The fourth-order valence-electron chi connectivity index (χ4n) is 2.80. The molecule has 1 N–H and O–H groups in total. The molecule has 1 aromatic rings. The van der Waals surface area contributed by atoms with Gasteiger partial charge >= 0.3 is 0 Å². The summed E-state index contributed by atoms with van der Waals surface area (Å²) in [5, 5.41) is 3.59. The van der Waals surface area contributed by atoms with Crippen molar-refractivity contribution in [2.24, 2.45) is 0 Å². The highest BCUT2D eigenvalue weighted by molar-refractivity contribution is 7.99. The molecule has 2 aliphatic rings. The Morgan fingerprint density at radius 1 is 1.32 bits per heavy atom. The van der Waals surface area contributed by atoms with Crippen LogP contribution in [-0.4, -0.2) is 30.6 Å². The lowest BCUT2D eigenvalue weighted by molar-refractivity contribution is 0.684. The second-order valence-corrected chi connectivity index (χ2v) is 7.05. The molecule has 2 nitrogen and oxygen atoms in total. The van der Waals surface area contributed by atoms with Gasteiger partial charge in [-0.25, -0.2) is 0 Å². The second-order valence-electron chi connectivity index (χ2n) is 5.90. The van der Waals surface area contributed by atoms with Crippen LogP contribution in [-0.2, 0) is 6.54 Å². The molecule has 0 spiro atoms. The van der Waals surface area contributed by atoms with E-state index in [1.54, 1.807) is 0 Å². The van der Waals surface area contributed by atoms with E-state index < -0.39 is 0 Å². The molecule has 1 saturated carbocycles. The lowest BCUT2D eigenvalue weighted by atomic mass is 10.1. The van der Waals surface area contributed by atoms with Gasteiger partial charge in [0.05, 0.1) is 0 Å². The number of anilines is 1. The van der Waals surface area contributed by atoms with Crippen molar-refractivity contribution in [1.29, 1.82) is 0 Å². The van der Waals surface area contributed by atoms with Crippen LogP contribution in [0.25, 0.3) is 0 Å². The number of hydrogen-bond donors (Lipinski definition) is 1. The van der Waals surface area contributed by atoms with E-state index >= 15 is 0 Å². The fraction of sp³-hybridized carbons (Fsp3) is 0.625. The molecule has 0 aromatic heterocycles. The zero-order valence-corrected chi connectivity index (χ0v) is 12.8. The van der Waals surface area contributed by atoms with Crippen LogP contribution in [0.3, 0.4) is 0 Å². The highest BCUT2D eigenvalue weighted by atomic mass is 32.2. The van der Waals surface area contributed by atoms with E-state index in [0.717, 1.165) is 18.6 Å². The molecule has 1 atom stereocenters. The zero-order valence-electron chi connectivity index (χ0n) is 12.0. The van der Waals surface area contributed by atoms with Gasteiger partial charge < -0.3 is 10.2 Å². The molecule has 1 saturated heterocycles. The molecule has 3 rings (SSSR count). The first-order valence-corrected chi connectivity index (χ1v) is 8.53. The minimum Gasteiger partial charge on any atom is -0.371 e. The van der Waals surface area contributed by atoms with E-state index in [2.05, 4.69) is 54.1 Å². The molecular weight excluding hydrogens is 252 g/mol. The Kier molecular flexibility index (Phi) is 4.04. The second kappa shape index (κ2) is 5.76. The molecule has 1 aliphatic heterocycles. The van der Waals surface area contributed by atoms with Crippen LogP contribution in [0.5, 0.6) is 0 Å². The maximum absolute atomic E-state index is 3.59. The average molecular weight is 276 g/mol. The quantitative estimate of drug-likeness (QED) is 0.889. The van der Waals surface area contributed by atoms with Crippen molar-refractivity contribution < 1.29 is 0 Å². The van der Waals surface area contributed by atoms with Gasteiger partial charge in [-0.1, -0.05) is 12.1 Å². The lowest BCUT2D eigenvalue weighted by Crippen LogP contribution is -2.31. The minimum absolute atomic E-state index is 0.721.